The quantitative estimate of drug-likeness (QED) is 0.748. The Balaban J connectivity index is 1.90. The number of hydrogen-bond acceptors (Lipinski definition) is 4. The predicted molar refractivity (Wildman–Crippen MR) is 71.7 cm³/mol. The highest BCUT2D eigenvalue weighted by Crippen LogP contribution is 2.08. The number of benzene rings is 1. The Morgan fingerprint density at radius 2 is 1.95 bits per heavy atom. The molecule has 2 aromatic rings. The van der Waals surface area contributed by atoms with Crippen LogP contribution in [0.25, 0.3) is 0 Å². The maximum atomic E-state index is 11.1. The summed E-state index contributed by atoms with van der Waals surface area (Å²) in [6.45, 7) is 3.22. The second-order valence-electron chi connectivity index (χ2n) is 4.29. The maximum absolute atomic E-state index is 11.1. The smallest absolute Gasteiger partial charge is 0.238 e. The number of primary sulfonamides is 1. The van der Waals surface area contributed by atoms with Crippen LogP contribution in [-0.4, -0.2) is 18.4 Å². The number of imidazole rings is 1. The highest BCUT2D eigenvalue weighted by atomic mass is 32.2. The molecule has 0 unspecified atom stereocenters. The third kappa shape index (κ3) is 3.88. The molecule has 0 saturated carbocycles. The van der Waals surface area contributed by atoms with E-state index >= 15 is 0 Å². The molecule has 0 aliphatic rings. The van der Waals surface area contributed by atoms with E-state index in [1.54, 1.807) is 18.3 Å². The molecule has 0 bridgehead atoms. The minimum absolute atomic E-state index is 0.125. The van der Waals surface area contributed by atoms with Gasteiger partial charge in [0.2, 0.25) is 10.0 Å². The first-order chi connectivity index (χ1) is 8.95. The number of rotatable bonds is 5. The van der Waals surface area contributed by atoms with E-state index in [0.717, 1.165) is 17.1 Å². The van der Waals surface area contributed by atoms with Gasteiger partial charge in [-0.1, -0.05) is 12.1 Å². The third-order valence-electron chi connectivity index (χ3n) is 2.65. The molecule has 102 valence electrons. The first-order valence-electron chi connectivity index (χ1n) is 5.78. The van der Waals surface area contributed by atoms with Gasteiger partial charge in [0.1, 0.15) is 5.82 Å². The van der Waals surface area contributed by atoms with Gasteiger partial charge in [0.05, 0.1) is 4.90 Å². The molecule has 19 heavy (non-hydrogen) atoms. The van der Waals surface area contributed by atoms with Gasteiger partial charge in [0.15, 0.2) is 0 Å². The summed E-state index contributed by atoms with van der Waals surface area (Å²) in [5.41, 5.74) is 2.00. The number of nitrogens with zero attached hydrogens (tertiary/aromatic N) is 1. The van der Waals surface area contributed by atoms with E-state index in [0.29, 0.717) is 13.1 Å². The molecular formula is C12H16N4O2S. The lowest BCUT2D eigenvalue weighted by Crippen LogP contribution is -2.14. The molecule has 0 spiro atoms. The Labute approximate surface area is 112 Å². The second kappa shape index (κ2) is 5.52. The fraction of sp³-hybridized carbons (Fsp3) is 0.250. The SMILES string of the molecule is Cc1ncc(CNCc2ccc(S(N)(=O)=O)cc2)[nH]1. The van der Waals surface area contributed by atoms with E-state index in [1.807, 2.05) is 6.92 Å². The summed E-state index contributed by atoms with van der Waals surface area (Å²) < 4.78 is 22.2. The van der Waals surface area contributed by atoms with E-state index in [9.17, 15) is 8.42 Å². The van der Waals surface area contributed by atoms with Gasteiger partial charge in [0, 0.05) is 25.0 Å². The highest BCUT2D eigenvalue weighted by Gasteiger charge is 2.06. The number of aromatic amines is 1. The molecule has 0 aliphatic carbocycles. The lowest BCUT2D eigenvalue weighted by atomic mass is 10.2. The number of hydrogen-bond donors (Lipinski definition) is 3. The van der Waals surface area contributed by atoms with Gasteiger partial charge in [-0.3, -0.25) is 0 Å². The molecule has 1 heterocycles. The Kier molecular flexibility index (Phi) is 3.98. The van der Waals surface area contributed by atoms with E-state index in [-0.39, 0.29) is 4.90 Å². The Bertz CT molecular complexity index is 647. The fourth-order valence-corrected chi connectivity index (χ4v) is 2.22. The van der Waals surface area contributed by atoms with Gasteiger partial charge < -0.3 is 10.3 Å². The standard InChI is InChI=1S/C12H16N4O2S/c1-9-15-8-11(16-9)7-14-6-10-2-4-12(5-3-10)19(13,17)18/h2-5,8,14H,6-7H2,1H3,(H,15,16)(H2,13,17,18). The van der Waals surface area contributed by atoms with Gasteiger partial charge in [-0.15, -0.1) is 0 Å². The molecule has 0 aliphatic heterocycles. The van der Waals surface area contributed by atoms with Crippen LogP contribution in [0.3, 0.4) is 0 Å². The molecular weight excluding hydrogens is 264 g/mol. The molecule has 0 radical (unpaired) electrons. The largest absolute Gasteiger partial charge is 0.345 e. The summed E-state index contributed by atoms with van der Waals surface area (Å²) in [4.78, 5) is 7.35. The molecule has 4 N–H and O–H groups in total. The summed E-state index contributed by atoms with van der Waals surface area (Å²) in [5.74, 6) is 0.884. The number of sulfonamides is 1. The van der Waals surface area contributed by atoms with Crippen LogP contribution in [0, 0.1) is 6.92 Å². The van der Waals surface area contributed by atoms with E-state index in [2.05, 4.69) is 15.3 Å². The average molecular weight is 280 g/mol. The summed E-state index contributed by atoms with van der Waals surface area (Å²) >= 11 is 0. The molecule has 7 heteroatoms. The van der Waals surface area contributed by atoms with Crippen LogP contribution in [0.15, 0.2) is 35.4 Å². The summed E-state index contributed by atoms with van der Waals surface area (Å²) in [6, 6.07) is 6.50. The van der Waals surface area contributed by atoms with E-state index in [4.69, 9.17) is 5.14 Å². The van der Waals surface area contributed by atoms with Crippen molar-refractivity contribution >= 4 is 10.0 Å². The monoisotopic (exact) mass is 280 g/mol. The topological polar surface area (TPSA) is 101 Å². The number of aryl methyl sites for hydroxylation is 1. The van der Waals surface area contributed by atoms with Crippen molar-refractivity contribution in [1.82, 2.24) is 15.3 Å². The van der Waals surface area contributed by atoms with Crippen molar-refractivity contribution < 1.29 is 8.42 Å². The molecule has 0 atom stereocenters. The van der Waals surface area contributed by atoms with Crippen LogP contribution < -0.4 is 10.5 Å². The van der Waals surface area contributed by atoms with Crippen LogP contribution in [0.1, 0.15) is 17.1 Å². The molecule has 6 nitrogen and oxygen atoms in total. The first kappa shape index (κ1) is 13.7. The third-order valence-corrected chi connectivity index (χ3v) is 3.58. The zero-order chi connectivity index (χ0) is 13.9. The van der Waals surface area contributed by atoms with Gasteiger partial charge in [0.25, 0.3) is 0 Å². The summed E-state index contributed by atoms with van der Waals surface area (Å²) in [6.07, 6.45) is 1.78. The van der Waals surface area contributed by atoms with Crippen LogP contribution in [-0.2, 0) is 23.1 Å². The number of nitrogens with two attached hydrogens (primary N) is 1. The average Bonchev–Trinajstić information content (AvgIpc) is 2.75. The molecule has 0 fully saturated rings. The number of nitrogens with one attached hydrogen (secondary N) is 2. The second-order valence-corrected chi connectivity index (χ2v) is 5.85. The maximum Gasteiger partial charge on any atom is 0.238 e. The zero-order valence-electron chi connectivity index (χ0n) is 10.6. The Morgan fingerprint density at radius 1 is 1.26 bits per heavy atom. The van der Waals surface area contributed by atoms with Crippen LogP contribution >= 0.6 is 0 Å². The molecule has 2 rings (SSSR count). The normalized spacial score (nSPS) is 11.7. The minimum Gasteiger partial charge on any atom is -0.345 e. The van der Waals surface area contributed by atoms with E-state index in [1.165, 1.54) is 12.1 Å². The van der Waals surface area contributed by atoms with Crippen molar-refractivity contribution in [3.05, 3.63) is 47.5 Å². The molecule has 1 aromatic carbocycles. The summed E-state index contributed by atoms with van der Waals surface area (Å²) in [5, 5.41) is 8.27. The van der Waals surface area contributed by atoms with Gasteiger partial charge in [-0.25, -0.2) is 18.5 Å². The summed E-state index contributed by atoms with van der Waals surface area (Å²) in [7, 11) is -3.61. The van der Waals surface area contributed by atoms with Crippen molar-refractivity contribution in [2.75, 3.05) is 0 Å². The van der Waals surface area contributed by atoms with Gasteiger partial charge in [-0.2, -0.15) is 0 Å². The lowest BCUT2D eigenvalue weighted by molar-refractivity contribution is 0.597. The molecule has 1 aromatic heterocycles. The van der Waals surface area contributed by atoms with Crippen molar-refractivity contribution in [2.24, 2.45) is 5.14 Å². The van der Waals surface area contributed by atoms with Crippen LogP contribution in [0.2, 0.25) is 0 Å². The number of H-pyrrole nitrogens is 1. The first-order valence-corrected chi connectivity index (χ1v) is 7.33. The van der Waals surface area contributed by atoms with Crippen LogP contribution in [0.4, 0.5) is 0 Å². The van der Waals surface area contributed by atoms with Crippen LogP contribution in [0.5, 0.6) is 0 Å². The molecule has 0 saturated heterocycles. The van der Waals surface area contributed by atoms with Crippen molar-refractivity contribution in [3.63, 3.8) is 0 Å². The predicted octanol–water partition coefficient (Wildman–Crippen LogP) is 0.655. The van der Waals surface area contributed by atoms with Gasteiger partial charge >= 0.3 is 0 Å². The fourth-order valence-electron chi connectivity index (χ4n) is 1.70. The van der Waals surface area contributed by atoms with Crippen molar-refractivity contribution in [3.8, 4) is 0 Å². The highest BCUT2D eigenvalue weighted by molar-refractivity contribution is 7.89. The van der Waals surface area contributed by atoms with Crippen molar-refractivity contribution in [2.45, 2.75) is 24.9 Å². The molecule has 0 amide bonds. The number of aromatic nitrogens is 2. The van der Waals surface area contributed by atoms with E-state index < -0.39 is 10.0 Å². The Hall–Kier alpha value is -1.70. The zero-order valence-corrected chi connectivity index (χ0v) is 11.4. The van der Waals surface area contributed by atoms with Gasteiger partial charge in [-0.05, 0) is 24.6 Å². The van der Waals surface area contributed by atoms with Crippen molar-refractivity contribution in [1.29, 1.82) is 0 Å². The minimum atomic E-state index is -3.61. The Morgan fingerprint density at radius 3 is 2.47 bits per heavy atom. The lowest BCUT2D eigenvalue weighted by Gasteiger charge is -2.04.